The molecule has 0 saturated carbocycles. The summed E-state index contributed by atoms with van der Waals surface area (Å²) in [7, 11) is 0. The van der Waals surface area contributed by atoms with Crippen LogP contribution < -0.4 is 10.5 Å². The molecule has 0 aliphatic carbocycles. The lowest BCUT2D eigenvalue weighted by molar-refractivity contribution is 0.196. The second kappa shape index (κ2) is 6.69. The van der Waals surface area contributed by atoms with E-state index in [-0.39, 0.29) is 6.10 Å². The van der Waals surface area contributed by atoms with Crippen molar-refractivity contribution in [3.05, 3.63) is 65.2 Å². The van der Waals surface area contributed by atoms with Crippen molar-refractivity contribution in [3.63, 3.8) is 0 Å². The number of rotatable bonds is 5. The molecule has 5 nitrogen and oxygen atoms in total. The number of halogens is 1. The van der Waals surface area contributed by atoms with Crippen LogP contribution in [0.1, 0.15) is 23.7 Å². The molecule has 23 heavy (non-hydrogen) atoms. The quantitative estimate of drug-likeness (QED) is 0.780. The zero-order chi connectivity index (χ0) is 16.2. The van der Waals surface area contributed by atoms with Crippen LogP contribution in [-0.2, 0) is 0 Å². The van der Waals surface area contributed by atoms with Crippen molar-refractivity contribution in [2.75, 3.05) is 6.54 Å². The van der Waals surface area contributed by atoms with Gasteiger partial charge >= 0.3 is 0 Å². The van der Waals surface area contributed by atoms with E-state index in [1.54, 1.807) is 30.7 Å². The second-order valence-electron chi connectivity index (χ2n) is 5.12. The maximum atomic E-state index is 9.23. The maximum absolute atomic E-state index is 9.23. The summed E-state index contributed by atoms with van der Waals surface area (Å²) in [6.07, 6.45) is 5.83. The number of hydrogen-bond donors (Lipinski definition) is 1. The third kappa shape index (κ3) is 3.29. The number of hydrogen-bond acceptors (Lipinski definition) is 4. The molecule has 2 N–H and O–H groups in total. The third-order valence-electron chi connectivity index (χ3n) is 3.56. The van der Waals surface area contributed by atoms with E-state index in [9.17, 15) is 5.26 Å². The van der Waals surface area contributed by atoms with Crippen molar-refractivity contribution in [1.82, 2.24) is 9.38 Å². The van der Waals surface area contributed by atoms with Crippen LogP contribution >= 0.6 is 11.6 Å². The molecule has 3 aromatic rings. The Kier molecular flexibility index (Phi) is 4.47. The van der Waals surface area contributed by atoms with Gasteiger partial charge in [0, 0.05) is 29.3 Å². The van der Waals surface area contributed by atoms with Crippen molar-refractivity contribution in [2.24, 2.45) is 5.73 Å². The van der Waals surface area contributed by atoms with E-state index in [0.717, 1.165) is 11.1 Å². The van der Waals surface area contributed by atoms with Gasteiger partial charge in [0.1, 0.15) is 17.9 Å². The summed E-state index contributed by atoms with van der Waals surface area (Å²) in [6.45, 7) is 0.467. The van der Waals surface area contributed by atoms with Gasteiger partial charge in [0.2, 0.25) is 0 Å². The monoisotopic (exact) mass is 326 g/mol. The van der Waals surface area contributed by atoms with Crippen molar-refractivity contribution < 1.29 is 4.74 Å². The highest BCUT2D eigenvalue weighted by Crippen LogP contribution is 2.29. The molecule has 2 aromatic heterocycles. The van der Waals surface area contributed by atoms with E-state index in [0.29, 0.717) is 29.3 Å². The van der Waals surface area contributed by atoms with E-state index in [2.05, 4.69) is 11.1 Å². The van der Waals surface area contributed by atoms with Crippen LogP contribution in [0.25, 0.3) is 5.52 Å². The number of aromatic nitrogens is 2. The Morgan fingerprint density at radius 2 is 2.22 bits per heavy atom. The molecule has 0 spiro atoms. The Labute approximate surface area is 138 Å². The fraction of sp³-hybridized carbons (Fsp3) is 0.176. The maximum Gasteiger partial charge on any atom is 0.139 e. The standard InChI is InChI=1S/C17H15ClN4O/c18-14-3-1-12(8-20)17(7-14)23-16(5-6-19)13-2-4-15-9-21-11-22(15)10-13/h1-4,7,9-11,16H,5-6,19H2. The topological polar surface area (TPSA) is 76.3 Å². The van der Waals surface area contributed by atoms with Crippen LogP contribution in [0.2, 0.25) is 5.02 Å². The lowest BCUT2D eigenvalue weighted by Crippen LogP contribution is -2.14. The molecule has 0 amide bonds. The van der Waals surface area contributed by atoms with Crippen molar-refractivity contribution in [3.8, 4) is 11.8 Å². The first kappa shape index (κ1) is 15.3. The first-order chi connectivity index (χ1) is 11.2. The highest BCUT2D eigenvalue weighted by atomic mass is 35.5. The summed E-state index contributed by atoms with van der Waals surface area (Å²) < 4.78 is 7.97. The SMILES string of the molecule is N#Cc1ccc(Cl)cc1OC(CCN)c1ccc2cncn2c1. The van der Waals surface area contributed by atoms with Crippen LogP contribution in [0.4, 0.5) is 0 Å². The normalized spacial score (nSPS) is 12.0. The van der Waals surface area contributed by atoms with Gasteiger partial charge in [0.05, 0.1) is 23.6 Å². The van der Waals surface area contributed by atoms with E-state index < -0.39 is 0 Å². The Morgan fingerprint density at radius 1 is 1.35 bits per heavy atom. The minimum atomic E-state index is -0.266. The number of pyridine rings is 1. The number of ether oxygens (including phenoxy) is 1. The zero-order valence-corrected chi connectivity index (χ0v) is 13.1. The average molecular weight is 327 g/mol. The molecule has 2 heterocycles. The van der Waals surface area contributed by atoms with Crippen LogP contribution in [0, 0.1) is 11.3 Å². The molecule has 0 bridgehead atoms. The smallest absolute Gasteiger partial charge is 0.139 e. The van der Waals surface area contributed by atoms with Crippen LogP contribution in [-0.4, -0.2) is 15.9 Å². The first-order valence-electron chi connectivity index (χ1n) is 7.19. The molecule has 0 fully saturated rings. The molecule has 0 radical (unpaired) electrons. The number of fused-ring (bicyclic) bond motifs is 1. The number of nitrogens with two attached hydrogens (primary N) is 1. The Hall–Kier alpha value is -2.55. The number of imidazole rings is 1. The highest BCUT2D eigenvalue weighted by molar-refractivity contribution is 6.30. The molecule has 116 valence electrons. The Bertz CT molecular complexity index is 868. The minimum Gasteiger partial charge on any atom is -0.484 e. The second-order valence-corrected chi connectivity index (χ2v) is 5.56. The Morgan fingerprint density at radius 3 is 3.00 bits per heavy atom. The number of benzene rings is 1. The summed E-state index contributed by atoms with van der Waals surface area (Å²) in [5, 5.41) is 9.75. The predicted molar refractivity (Wildman–Crippen MR) is 88.4 cm³/mol. The first-order valence-corrected chi connectivity index (χ1v) is 7.57. The highest BCUT2D eigenvalue weighted by Gasteiger charge is 2.16. The Balaban J connectivity index is 1.95. The van der Waals surface area contributed by atoms with Crippen molar-refractivity contribution >= 4 is 17.1 Å². The van der Waals surface area contributed by atoms with E-state index in [1.807, 2.05) is 22.7 Å². The largest absolute Gasteiger partial charge is 0.484 e. The summed E-state index contributed by atoms with van der Waals surface area (Å²) in [5.74, 6) is 0.462. The predicted octanol–water partition coefficient (Wildman–Crippen LogP) is 3.33. The van der Waals surface area contributed by atoms with Gasteiger partial charge in [-0.05, 0) is 24.7 Å². The van der Waals surface area contributed by atoms with Crippen LogP contribution in [0.5, 0.6) is 5.75 Å². The van der Waals surface area contributed by atoms with Crippen molar-refractivity contribution in [2.45, 2.75) is 12.5 Å². The van der Waals surface area contributed by atoms with E-state index >= 15 is 0 Å². The fourth-order valence-electron chi connectivity index (χ4n) is 2.41. The van der Waals surface area contributed by atoms with Crippen LogP contribution in [0.3, 0.4) is 0 Å². The molecule has 6 heteroatoms. The lowest BCUT2D eigenvalue weighted by Gasteiger charge is -2.20. The molecular formula is C17H15ClN4O. The summed E-state index contributed by atoms with van der Waals surface area (Å²) in [5.41, 5.74) is 8.13. The third-order valence-corrected chi connectivity index (χ3v) is 3.80. The summed E-state index contributed by atoms with van der Waals surface area (Å²) in [4.78, 5) is 4.11. The van der Waals surface area contributed by atoms with Gasteiger partial charge in [0.25, 0.3) is 0 Å². The molecule has 0 aliphatic heterocycles. The van der Waals surface area contributed by atoms with Crippen LogP contribution in [0.15, 0.2) is 49.1 Å². The van der Waals surface area contributed by atoms with Gasteiger partial charge in [-0.15, -0.1) is 0 Å². The fourth-order valence-corrected chi connectivity index (χ4v) is 2.57. The molecule has 0 aliphatic rings. The van der Waals surface area contributed by atoms with Gasteiger partial charge in [-0.2, -0.15) is 5.26 Å². The molecule has 3 rings (SSSR count). The van der Waals surface area contributed by atoms with E-state index in [4.69, 9.17) is 22.1 Å². The number of nitriles is 1. The van der Waals surface area contributed by atoms with Gasteiger partial charge in [0.15, 0.2) is 0 Å². The molecule has 1 atom stereocenters. The summed E-state index contributed by atoms with van der Waals surface area (Å²) >= 11 is 6.02. The van der Waals surface area contributed by atoms with Gasteiger partial charge < -0.3 is 14.9 Å². The number of nitrogens with zero attached hydrogens (tertiary/aromatic N) is 3. The molecule has 0 saturated heterocycles. The van der Waals surface area contributed by atoms with E-state index in [1.165, 1.54) is 0 Å². The summed E-state index contributed by atoms with van der Waals surface area (Å²) in [6, 6.07) is 11.0. The lowest BCUT2D eigenvalue weighted by atomic mass is 10.1. The van der Waals surface area contributed by atoms with Gasteiger partial charge in [-0.25, -0.2) is 4.98 Å². The molecule has 1 unspecified atom stereocenters. The minimum absolute atomic E-state index is 0.266. The zero-order valence-electron chi connectivity index (χ0n) is 12.3. The van der Waals surface area contributed by atoms with Gasteiger partial charge in [-0.1, -0.05) is 17.7 Å². The molecular weight excluding hydrogens is 312 g/mol. The average Bonchev–Trinajstić information content (AvgIpc) is 3.02. The van der Waals surface area contributed by atoms with Crippen molar-refractivity contribution in [1.29, 1.82) is 5.26 Å². The molecule has 1 aromatic carbocycles. The van der Waals surface area contributed by atoms with Gasteiger partial charge in [-0.3, -0.25) is 0 Å².